The highest BCUT2D eigenvalue weighted by atomic mass is 32.2. The topological polar surface area (TPSA) is 81.8 Å². The van der Waals surface area contributed by atoms with Crippen LogP contribution in [-0.4, -0.2) is 67.7 Å². The van der Waals surface area contributed by atoms with Gasteiger partial charge in [0.05, 0.1) is 6.04 Å². The van der Waals surface area contributed by atoms with Crippen LogP contribution in [0.25, 0.3) is 0 Å². The number of rotatable bonds is 5. The molecule has 3 saturated heterocycles. The van der Waals surface area contributed by atoms with Gasteiger partial charge in [0.15, 0.2) is 0 Å². The van der Waals surface area contributed by atoms with Gasteiger partial charge >= 0.3 is 0 Å². The molecule has 0 radical (unpaired) electrons. The molecule has 3 rings (SSSR count). The Labute approximate surface area is 151 Å². The smallest absolute Gasteiger partial charge is 0.282 e. The first kappa shape index (κ1) is 19.1. The highest BCUT2D eigenvalue weighted by molar-refractivity contribution is 7.86. The summed E-state index contributed by atoms with van der Waals surface area (Å²) >= 11 is 0. The second-order valence-corrected chi connectivity index (χ2v) is 9.60. The van der Waals surface area contributed by atoms with Gasteiger partial charge in [0.25, 0.3) is 10.2 Å². The van der Waals surface area contributed by atoms with Gasteiger partial charge in [0.2, 0.25) is 5.91 Å². The Bertz CT molecular complexity index is 562. The van der Waals surface area contributed by atoms with E-state index in [9.17, 15) is 13.2 Å². The molecule has 3 heterocycles. The summed E-state index contributed by atoms with van der Waals surface area (Å²) in [6.45, 7) is 5.23. The lowest BCUT2D eigenvalue weighted by Crippen LogP contribution is -2.53. The van der Waals surface area contributed by atoms with Crippen molar-refractivity contribution in [1.82, 2.24) is 19.2 Å². The van der Waals surface area contributed by atoms with Gasteiger partial charge in [-0.2, -0.15) is 17.0 Å². The maximum Gasteiger partial charge on any atom is 0.282 e. The summed E-state index contributed by atoms with van der Waals surface area (Å²) < 4.78 is 29.3. The molecule has 0 aliphatic carbocycles. The van der Waals surface area contributed by atoms with E-state index in [-0.39, 0.29) is 23.9 Å². The minimum Gasteiger partial charge on any atom is -0.354 e. The van der Waals surface area contributed by atoms with E-state index < -0.39 is 10.2 Å². The molecule has 3 unspecified atom stereocenters. The highest BCUT2D eigenvalue weighted by Gasteiger charge is 2.37. The van der Waals surface area contributed by atoms with E-state index in [0.717, 1.165) is 51.5 Å². The first-order valence-electron chi connectivity index (χ1n) is 9.76. The summed E-state index contributed by atoms with van der Waals surface area (Å²) in [4.78, 5) is 12.1. The van der Waals surface area contributed by atoms with Gasteiger partial charge < -0.3 is 10.6 Å². The lowest BCUT2D eigenvalue weighted by Gasteiger charge is -2.39. The summed E-state index contributed by atoms with van der Waals surface area (Å²) in [5.41, 5.74) is 0. The van der Waals surface area contributed by atoms with Crippen LogP contribution >= 0.6 is 0 Å². The lowest BCUT2D eigenvalue weighted by atomic mass is 9.99. The standard InChI is InChI=1S/C17H32N4O3S/c1-14-6-2-3-11-21(14)25(23,24)20-10-5-7-15(13-20)12-19-17(22)16-8-4-9-18-16/h14-16,18H,2-13H2,1H3,(H,19,22). The van der Waals surface area contributed by atoms with Gasteiger partial charge in [-0.05, 0) is 57.9 Å². The maximum absolute atomic E-state index is 13.0. The Hall–Kier alpha value is -0.700. The van der Waals surface area contributed by atoms with E-state index in [1.165, 1.54) is 0 Å². The molecule has 3 atom stereocenters. The Balaban J connectivity index is 1.54. The SMILES string of the molecule is CC1CCCCN1S(=O)(=O)N1CCCC(CNC(=O)C2CCCN2)C1. The van der Waals surface area contributed by atoms with Crippen molar-refractivity contribution in [3.63, 3.8) is 0 Å². The molecule has 3 fully saturated rings. The van der Waals surface area contributed by atoms with Crippen molar-refractivity contribution in [3.05, 3.63) is 0 Å². The second kappa shape index (κ2) is 8.33. The van der Waals surface area contributed by atoms with Crippen LogP contribution in [0, 0.1) is 5.92 Å². The molecule has 144 valence electrons. The number of carbonyl (C=O) groups is 1. The van der Waals surface area contributed by atoms with Crippen molar-refractivity contribution in [1.29, 1.82) is 0 Å². The number of hydrogen-bond acceptors (Lipinski definition) is 4. The summed E-state index contributed by atoms with van der Waals surface area (Å²) in [5.74, 6) is 0.260. The van der Waals surface area contributed by atoms with Crippen molar-refractivity contribution >= 4 is 16.1 Å². The van der Waals surface area contributed by atoms with Crippen molar-refractivity contribution in [2.75, 3.05) is 32.7 Å². The molecule has 1 amide bonds. The van der Waals surface area contributed by atoms with E-state index in [2.05, 4.69) is 10.6 Å². The van der Waals surface area contributed by atoms with Crippen LogP contribution in [0.1, 0.15) is 51.9 Å². The fraction of sp³-hybridized carbons (Fsp3) is 0.941. The Morgan fingerprint density at radius 1 is 1.12 bits per heavy atom. The van der Waals surface area contributed by atoms with E-state index in [4.69, 9.17) is 0 Å². The van der Waals surface area contributed by atoms with E-state index in [1.807, 2.05) is 6.92 Å². The molecule has 7 nitrogen and oxygen atoms in total. The zero-order valence-electron chi connectivity index (χ0n) is 15.2. The quantitative estimate of drug-likeness (QED) is 0.744. The monoisotopic (exact) mass is 372 g/mol. The van der Waals surface area contributed by atoms with Crippen LogP contribution < -0.4 is 10.6 Å². The first-order valence-corrected chi connectivity index (χ1v) is 11.2. The van der Waals surface area contributed by atoms with Gasteiger partial charge in [-0.15, -0.1) is 0 Å². The van der Waals surface area contributed by atoms with Crippen LogP contribution in [0.15, 0.2) is 0 Å². The van der Waals surface area contributed by atoms with Crippen molar-refractivity contribution < 1.29 is 13.2 Å². The fourth-order valence-corrected chi connectivity index (χ4v) is 6.22. The molecule has 8 heteroatoms. The molecule has 2 N–H and O–H groups in total. The summed E-state index contributed by atoms with van der Waals surface area (Å²) in [5, 5.41) is 6.22. The fourth-order valence-electron chi connectivity index (χ4n) is 4.24. The first-order chi connectivity index (χ1) is 12.0. The van der Waals surface area contributed by atoms with Gasteiger partial charge in [-0.1, -0.05) is 6.42 Å². The molecule has 3 aliphatic rings. The van der Waals surface area contributed by atoms with Crippen LogP contribution in [0.5, 0.6) is 0 Å². The van der Waals surface area contributed by atoms with Crippen molar-refractivity contribution in [2.24, 2.45) is 5.92 Å². The maximum atomic E-state index is 13.0. The third-order valence-corrected chi connectivity index (χ3v) is 7.91. The molecule has 0 bridgehead atoms. The zero-order valence-corrected chi connectivity index (χ0v) is 16.1. The Morgan fingerprint density at radius 2 is 1.96 bits per heavy atom. The van der Waals surface area contributed by atoms with Crippen LogP contribution in [0.2, 0.25) is 0 Å². The number of hydrogen-bond donors (Lipinski definition) is 2. The summed E-state index contributed by atoms with van der Waals surface area (Å²) in [6.07, 6.45) is 6.78. The molecule has 0 saturated carbocycles. The number of piperidine rings is 2. The average molecular weight is 373 g/mol. The number of nitrogens with one attached hydrogen (secondary N) is 2. The third kappa shape index (κ3) is 4.53. The molecule has 0 aromatic rings. The largest absolute Gasteiger partial charge is 0.354 e. The predicted octanol–water partition coefficient (Wildman–Crippen LogP) is 0.686. The van der Waals surface area contributed by atoms with Crippen LogP contribution in [0.3, 0.4) is 0 Å². The normalized spacial score (nSPS) is 32.6. The molecular formula is C17H32N4O3S. The van der Waals surface area contributed by atoms with Gasteiger partial charge in [0, 0.05) is 32.2 Å². The van der Waals surface area contributed by atoms with Gasteiger partial charge in [0.1, 0.15) is 0 Å². The highest BCUT2D eigenvalue weighted by Crippen LogP contribution is 2.26. The molecule has 25 heavy (non-hydrogen) atoms. The number of nitrogens with zero attached hydrogens (tertiary/aromatic N) is 2. The lowest BCUT2D eigenvalue weighted by molar-refractivity contribution is -0.123. The molecule has 0 spiro atoms. The number of amides is 1. The van der Waals surface area contributed by atoms with Crippen LogP contribution in [0.4, 0.5) is 0 Å². The molecular weight excluding hydrogens is 340 g/mol. The minimum absolute atomic E-state index is 0.0575. The molecule has 0 aromatic carbocycles. The van der Waals surface area contributed by atoms with Gasteiger partial charge in [-0.25, -0.2) is 0 Å². The summed E-state index contributed by atoms with van der Waals surface area (Å²) in [6, 6.07) is 0.0184. The van der Waals surface area contributed by atoms with Crippen LogP contribution in [-0.2, 0) is 15.0 Å². The molecule has 3 aliphatic heterocycles. The Kier molecular flexibility index (Phi) is 6.35. The third-order valence-electron chi connectivity index (χ3n) is 5.79. The van der Waals surface area contributed by atoms with E-state index in [0.29, 0.717) is 26.2 Å². The number of carbonyl (C=O) groups excluding carboxylic acids is 1. The molecule has 0 aromatic heterocycles. The predicted molar refractivity (Wildman–Crippen MR) is 97.3 cm³/mol. The minimum atomic E-state index is -3.38. The van der Waals surface area contributed by atoms with E-state index >= 15 is 0 Å². The second-order valence-electron chi connectivity index (χ2n) is 7.72. The Morgan fingerprint density at radius 3 is 2.68 bits per heavy atom. The average Bonchev–Trinajstić information content (AvgIpc) is 3.15. The van der Waals surface area contributed by atoms with E-state index in [1.54, 1.807) is 8.61 Å². The van der Waals surface area contributed by atoms with Gasteiger partial charge in [-0.3, -0.25) is 4.79 Å². The zero-order chi connectivity index (χ0) is 17.9. The van der Waals surface area contributed by atoms with Crippen molar-refractivity contribution in [3.8, 4) is 0 Å². The van der Waals surface area contributed by atoms with Crippen molar-refractivity contribution in [2.45, 2.75) is 64.0 Å². The summed E-state index contributed by atoms with van der Waals surface area (Å²) in [7, 11) is -3.38.